The van der Waals surface area contributed by atoms with Gasteiger partial charge in [-0.3, -0.25) is 9.89 Å². The van der Waals surface area contributed by atoms with Crippen molar-refractivity contribution in [3.05, 3.63) is 35.2 Å². The number of methoxy groups -OCH3 is 1. The highest BCUT2D eigenvalue weighted by molar-refractivity contribution is 5.94. The van der Waals surface area contributed by atoms with Crippen molar-refractivity contribution < 1.29 is 27.8 Å². The Morgan fingerprint density at radius 1 is 1.40 bits per heavy atom. The monoisotopic (exact) mass is 356 g/mol. The Bertz CT molecular complexity index is 821. The van der Waals surface area contributed by atoms with E-state index < -0.39 is 35.6 Å². The van der Waals surface area contributed by atoms with E-state index in [1.54, 1.807) is 25.1 Å². The second-order valence-corrected chi connectivity index (χ2v) is 5.77. The highest BCUT2D eigenvalue weighted by Crippen LogP contribution is 2.49. The number of amides is 1. The van der Waals surface area contributed by atoms with Gasteiger partial charge in [-0.25, -0.2) is 4.98 Å². The van der Waals surface area contributed by atoms with Gasteiger partial charge in [0.15, 0.2) is 11.4 Å². The van der Waals surface area contributed by atoms with Crippen molar-refractivity contribution in [1.82, 2.24) is 15.2 Å². The Hall–Kier alpha value is -2.62. The fraction of sp³-hybridized carbons (Fsp3) is 0.400. The number of carbonyl (C=O) groups excluding carboxylic acids is 1. The second kappa shape index (κ2) is 5.73. The van der Waals surface area contributed by atoms with E-state index in [-0.39, 0.29) is 11.5 Å². The van der Waals surface area contributed by atoms with E-state index in [9.17, 15) is 23.1 Å². The Labute approximate surface area is 140 Å². The second-order valence-electron chi connectivity index (χ2n) is 5.77. The summed E-state index contributed by atoms with van der Waals surface area (Å²) in [7, 11) is 1.42. The highest BCUT2D eigenvalue weighted by Gasteiger charge is 2.61. The van der Waals surface area contributed by atoms with Gasteiger partial charge >= 0.3 is 6.18 Å². The summed E-state index contributed by atoms with van der Waals surface area (Å²) in [6, 6.07) is 4.87. The van der Waals surface area contributed by atoms with Crippen LogP contribution in [0.2, 0.25) is 0 Å². The van der Waals surface area contributed by atoms with Crippen LogP contribution in [0.3, 0.4) is 0 Å². The summed E-state index contributed by atoms with van der Waals surface area (Å²) in [6.07, 6.45) is -6.17. The molecule has 0 saturated heterocycles. The normalized spacial score (nSPS) is 21.4. The van der Waals surface area contributed by atoms with Crippen LogP contribution in [0.4, 0.5) is 19.0 Å². The maximum atomic E-state index is 13.5. The number of anilines is 1. The third-order valence-corrected chi connectivity index (χ3v) is 4.18. The number of halogens is 3. The number of alkyl halides is 3. The zero-order chi connectivity index (χ0) is 18.4. The minimum Gasteiger partial charge on any atom is -0.481 e. The Morgan fingerprint density at radius 3 is 2.76 bits per heavy atom. The van der Waals surface area contributed by atoms with Crippen molar-refractivity contribution in [2.45, 2.75) is 31.0 Å². The van der Waals surface area contributed by atoms with Crippen molar-refractivity contribution in [2.24, 2.45) is 0 Å². The molecule has 0 saturated carbocycles. The van der Waals surface area contributed by atoms with Crippen LogP contribution >= 0.6 is 0 Å². The number of hydrogen-bond acceptors (Lipinski definition) is 5. The zero-order valence-electron chi connectivity index (χ0n) is 13.3. The SMILES string of the molecule is COc1cccc(C(C)c2[nH]nc3c2[C@](O)(C(F)(F)F)CC(=O)N3)n1. The van der Waals surface area contributed by atoms with Crippen LogP contribution in [-0.2, 0) is 10.4 Å². The van der Waals surface area contributed by atoms with Gasteiger partial charge in [-0.1, -0.05) is 13.0 Å². The lowest BCUT2D eigenvalue weighted by molar-refractivity contribution is -0.267. The van der Waals surface area contributed by atoms with Crippen LogP contribution in [0.5, 0.6) is 5.88 Å². The molecule has 1 aliphatic rings. The van der Waals surface area contributed by atoms with Gasteiger partial charge in [0.2, 0.25) is 11.8 Å². The maximum absolute atomic E-state index is 13.5. The molecule has 1 aliphatic heterocycles. The number of fused-ring (bicyclic) bond motifs is 1. The van der Waals surface area contributed by atoms with Gasteiger partial charge in [0.05, 0.1) is 30.5 Å². The molecule has 134 valence electrons. The Kier molecular flexibility index (Phi) is 3.94. The molecule has 0 spiro atoms. The lowest BCUT2D eigenvalue weighted by Crippen LogP contribution is -2.48. The number of aromatic amines is 1. The standard InChI is InChI=1S/C15H15F3N4O3/c1-7(8-4-3-5-10(19-8)25-2)12-11-13(22-21-12)20-9(23)6-14(11,24)15(16,17)18/h3-5,7,24H,6H2,1-2H3,(H2,20,21,22,23)/t7?,14-/m0/s1. The van der Waals surface area contributed by atoms with Crippen LogP contribution in [0.1, 0.15) is 36.2 Å². The molecule has 0 aromatic carbocycles. The van der Waals surface area contributed by atoms with Crippen molar-refractivity contribution in [3.63, 3.8) is 0 Å². The van der Waals surface area contributed by atoms with Crippen LogP contribution < -0.4 is 10.1 Å². The molecule has 3 N–H and O–H groups in total. The number of rotatable bonds is 3. The van der Waals surface area contributed by atoms with E-state index >= 15 is 0 Å². The number of aromatic nitrogens is 3. The van der Waals surface area contributed by atoms with Gasteiger partial charge in [0, 0.05) is 12.0 Å². The molecule has 1 amide bonds. The molecule has 0 aliphatic carbocycles. The smallest absolute Gasteiger partial charge is 0.422 e. The van der Waals surface area contributed by atoms with E-state index in [0.29, 0.717) is 11.6 Å². The van der Waals surface area contributed by atoms with Crippen LogP contribution in [0.25, 0.3) is 0 Å². The molecule has 7 nitrogen and oxygen atoms in total. The number of nitrogens with one attached hydrogen (secondary N) is 2. The minimum absolute atomic E-state index is 0.0237. The van der Waals surface area contributed by atoms with Gasteiger partial charge in [-0.2, -0.15) is 18.3 Å². The van der Waals surface area contributed by atoms with Crippen LogP contribution in [0, 0.1) is 0 Å². The summed E-state index contributed by atoms with van der Waals surface area (Å²) < 4.78 is 45.6. The molecule has 2 aromatic rings. The molecule has 0 fully saturated rings. The van der Waals surface area contributed by atoms with Crippen LogP contribution in [0.15, 0.2) is 18.2 Å². The van der Waals surface area contributed by atoms with E-state index in [4.69, 9.17) is 4.74 Å². The lowest BCUT2D eigenvalue weighted by Gasteiger charge is -2.34. The fourth-order valence-electron chi connectivity index (χ4n) is 2.85. The number of carbonyl (C=O) groups is 1. The summed E-state index contributed by atoms with van der Waals surface area (Å²) in [5.74, 6) is -1.65. The summed E-state index contributed by atoms with van der Waals surface area (Å²) in [5, 5.41) is 18.8. The molecule has 3 rings (SSSR count). The van der Waals surface area contributed by atoms with E-state index in [1.807, 2.05) is 0 Å². The molecule has 2 atom stereocenters. The topological polar surface area (TPSA) is 100 Å². The largest absolute Gasteiger partial charge is 0.481 e. The Balaban J connectivity index is 2.13. The number of ether oxygens (including phenoxy) is 1. The first-order valence-corrected chi connectivity index (χ1v) is 7.36. The third-order valence-electron chi connectivity index (χ3n) is 4.18. The Morgan fingerprint density at radius 2 is 2.12 bits per heavy atom. The van der Waals surface area contributed by atoms with Gasteiger partial charge in [-0.05, 0) is 6.07 Å². The average molecular weight is 356 g/mol. The first-order valence-electron chi connectivity index (χ1n) is 7.36. The summed E-state index contributed by atoms with van der Waals surface area (Å²) in [5.41, 5.74) is -3.36. The molecule has 3 heterocycles. The van der Waals surface area contributed by atoms with E-state index in [1.165, 1.54) is 7.11 Å². The van der Waals surface area contributed by atoms with Gasteiger partial charge in [-0.15, -0.1) is 0 Å². The first-order chi connectivity index (χ1) is 11.7. The summed E-state index contributed by atoms with van der Waals surface area (Å²) >= 11 is 0. The average Bonchev–Trinajstić information content (AvgIpc) is 2.97. The van der Waals surface area contributed by atoms with Crippen molar-refractivity contribution in [2.75, 3.05) is 12.4 Å². The predicted octanol–water partition coefficient (Wildman–Crippen LogP) is 2.06. The van der Waals surface area contributed by atoms with Gasteiger partial charge in [0.25, 0.3) is 0 Å². The summed E-state index contributed by atoms with van der Waals surface area (Å²) in [4.78, 5) is 15.8. The molecule has 10 heteroatoms. The van der Waals surface area contributed by atoms with Crippen LogP contribution in [-0.4, -0.2) is 39.5 Å². The summed E-state index contributed by atoms with van der Waals surface area (Å²) in [6.45, 7) is 1.61. The predicted molar refractivity (Wildman–Crippen MR) is 80.1 cm³/mol. The van der Waals surface area contributed by atoms with Crippen molar-refractivity contribution >= 4 is 11.7 Å². The number of pyridine rings is 1. The van der Waals surface area contributed by atoms with Gasteiger partial charge in [0.1, 0.15) is 0 Å². The lowest BCUT2D eigenvalue weighted by atomic mass is 9.83. The molecule has 25 heavy (non-hydrogen) atoms. The molecule has 1 unspecified atom stereocenters. The van der Waals surface area contributed by atoms with Crippen molar-refractivity contribution in [1.29, 1.82) is 0 Å². The molecule has 2 aromatic heterocycles. The van der Waals surface area contributed by atoms with Crippen molar-refractivity contribution in [3.8, 4) is 5.88 Å². The molecule has 0 bridgehead atoms. The number of hydrogen-bond donors (Lipinski definition) is 3. The number of H-pyrrole nitrogens is 1. The zero-order valence-corrected chi connectivity index (χ0v) is 13.3. The highest BCUT2D eigenvalue weighted by atomic mass is 19.4. The molecule has 0 radical (unpaired) electrons. The third kappa shape index (κ3) is 2.72. The van der Waals surface area contributed by atoms with Gasteiger partial charge < -0.3 is 15.2 Å². The maximum Gasteiger partial charge on any atom is 0.422 e. The quantitative estimate of drug-likeness (QED) is 0.782. The molecular weight excluding hydrogens is 341 g/mol. The molecular formula is C15H15F3N4O3. The number of nitrogens with zero attached hydrogens (tertiary/aromatic N) is 2. The van der Waals surface area contributed by atoms with E-state index in [0.717, 1.165) is 0 Å². The number of aliphatic hydroxyl groups is 1. The first kappa shape index (κ1) is 17.2. The fourth-order valence-corrected chi connectivity index (χ4v) is 2.85. The minimum atomic E-state index is -5.04. The van der Waals surface area contributed by atoms with E-state index in [2.05, 4.69) is 20.5 Å².